The zero-order valence-electron chi connectivity index (χ0n) is 26.5. The largest absolute Gasteiger partial charge is 0.668 e. The summed E-state index contributed by atoms with van der Waals surface area (Å²) in [5.74, 6) is 0. The molecule has 0 radical (unpaired) electrons. The first-order valence-corrected chi connectivity index (χ1v) is 17.6. The van der Waals surface area contributed by atoms with Gasteiger partial charge in [-0.15, -0.1) is 17.4 Å². The number of hydrogen-bond acceptors (Lipinski definition) is 2. The summed E-state index contributed by atoms with van der Waals surface area (Å²) in [5, 5.41) is 13.6. The minimum Gasteiger partial charge on any atom is -0.668 e. The molecule has 10 rings (SSSR count). The van der Waals surface area contributed by atoms with Gasteiger partial charge in [0.25, 0.3) is 0 Å². The van der Waals surface area contributed by atoms with Crippen LogP contribution in [-0.4, -0.2) is 4.98 Å². The summed E-state index contributed by atoms with van der Waals surface area (Å²) in [4.78, 5) is 6.63. The molecule has 2 nitrogen and oxygen atoms in total. The Morgan fingerprint density at radius 3 is 2.06 bits per heavy atom. The first kappa shape index (κ1) is 28.1. The summed E-state index contributed by atoms with van der Waals surface area (Å²) in [6.07, 6.45) is 0. The second-order valence-corrected chi connectivity index (χ2v) is 13.8. The van der Waals surface area contributed by atoms with Crippen LogP contribution in [0.4, 0.5) is 5.69 Å². The second-order valence-electron chi connectivity index (χ2n) is 12.7. The maximum Gasteiger partial charge on any atom is 0.0788 e. The molecule has 0 saturated heterocycles. The van der Waals surface area contributed by atoms with Crippen molar-refractivity contribution >= 4 is 60.7 Å². The summed E-state index contributed by atoms with van der Waals surface area (Å²) in [5.41, 5.74) is 10.2. The Hall–Kier alpha value is -5.90. The minimum absolute atomic E-state index is 0.0990. The number of fused-ring (bicyclic) bond motifs is 7. The predicted octanol–water partition coefficient (Wildman–Crippen LogP) is 13.5. The van der Waals surface area contributed by atoms with E-state index in [9.17, 15) is 0 Å². The van der Waals surface area contributed by atoms with Crippen molar-refractivity contribution in [3.8, 4) is 33.5 Å². The Morgan fingerprint density at radius 2 is 1.18 bits per heavy atom. The van der Waals surface area contributed by atoms with E-state index in [0.29, 0.717) is 0 Å². The number of hydrogen-bond donors (Lipinski definition) is 0. The average molecular weight is 642 g/mol. The van der Waals surface area contributed by atoms with Crippen molar-refractivity contribution in [2.45, 2.75) is 10.3 Å². The summed E-state index contributed by atoms with van der Waals surface area (Å²) >= 11 is 1.82. The molecule has 2 heterocycles. The van der Waals surface area contributed by atoms with Gasteiger partial charge in [-0.05, 0) is 78.3 Å². The van der Waals surface area contributed by atoms with Crippen LogP contribution in [0.25, 0.3) is 82.0 Å². The van der Waals surface area contributed by atoms with Crippen LogP contribution in [0.5, 0.6) is 0 Å². The van der Waals surface area contributed by atoms with Crippen molar-refractivity contribution in [3.63, 3.8) is 0 Å². The molecule has 0 fully saturated rings. The van der Waals surface area contributed by atoms with Gasteiger partial charge in [-0.3, -0.25) is 0 Å². The van der Waals surface area contributed by atoms with E-state index >= 15 is 0 Å². The van der Waals surface area contributed by atoms with Gasteiger partial charge in [-0.2, -0.15) is 0 Å². The summed E-state index contributed by atoms with van der Waals surface area (Å²) in [7, 11) is 0. The molecule has 1 aromatic heterocycles. The molecule has 1 aliphatic rings. The van der Waals surface area contributed by atoms with E-state index in [1.54, 1.807) is 0 Å². The summed E-state index contributed by atoms with van der Waals surface area (Å²) < 4.78 is 0. The normalized spacial score (nSPS) is 14.0. The van der Waals surface area contributed by atoms with Crippen LogP contribution in [0.2, 0.25) is 0 Å². The molecular formula is C46H29N2S-. The van der Waals surface area contributed by atoms with E-state index in [1.165, 1.54) is 65.0 Å². The molecule has 3 heteroatoms. The van der Waals surface area contributed by atoms with E-state index < -0.39 is 0 Å². The highest BCUT2D eigenvalue weighted by Crippen LogP contribution is 2.54. The van der Waals surface area contributed by atoms with Crippen LogP contribution in [0, 0.1) is 0 Å². The number of pyridine rings is 1. The van der Waals surface area contributed by atoms with Crippen LogP contribution in [0.15, 0.2) is 175 Å². The minimum atomic E-state index is 0.0990. The molecule has 0 spiro atoms. The molecule has 49 heavy (non-hydrogen) atoms. The van der Waals surface area contributed by atoms with Gasteiger partial charge in [-0.25, -0.2) is 4.98 Å². The maximum atomic E-state index is 5.38. The molecule has 0 amide bonds. The van der Waals surface area contributed by atoms with Crippen molar-refractivity contribution in [2.75, 3.05) is 0 Å². The zero-order valence-corrected chi connectivity index (χ0v) is 27.4. The van der Waals surface area contributed by atoms with Crippen LogP contribution in [-0.2, 0) is 0 Å². The lowest BCUT2D eigenvalue weighted by atomic mass is 9.92. The van der Waals surface area contributed by atoms with Crippen molar-refractivity contribution < 1.29 is 0 Å². The van der Waals surface area contributed by atoms with Gasteiger partial charge in [0, 0.05) is 21.7 Å². The third kappa shape index (κ3) is 4.77. The Bertz CT molecular complexity index is 2700. The first-order valence-electron chi connectivity index (χ1n) is 16.7. The molecule has 0 bridgehead atoms. The highest BCUT2D eigenvalue weighted by Gasteiger charge is 2.16. The highest BCUT2D eigenvalue weighted by atomic mass is 32.2. The predicted molar refractivity (Wildman–Crippen MR) is 209 cm³/mol. The summed E-state index contributed by atoms with van der Waals surface area (Å²) in [6.45, 7) is 0. The molecule has 1 unspecified atom stereocenters. The van der Waals surface area contributed by atoms with Crippen LogP contribution in [0.3, 0.4) is 0 Å². The third-order valence-electron chi connectivity index (χ3n) is 9.81. The van der Waals surface area contributed by atoms with Gasteiger partial charge < -0.3 is 5.32 Å². The van der Waals surface area contributed by atoms with Crippen molar-refractivity contribution in [1.82, 2.24) is 4.98 Å². The van der Waals surface area contributed by atoms with Gasteiger partial charge >= 0.3 is 0 Å². The molecule has 0 N–H and O–H groups in total. The van der Waals surface area contributed by atoms with Gasteiger partial charge in [-0.1, -0.05) is 151 Å². The Kier molecular flexibility index (Phi) is 6.53. The fourth-order valence-electron chi connectivity index (χ4n) is 7.40. The Labute approximate surface area is 289 Å². The SMILES string of the molecule is c1cc(-c2ccc(C3[N-]c4ccccc4S3)cc2)cc(-c2nc3ccc(-c4cccc5ccccc45)cc3c3c2ccc2ccccc23)c1. The lowest BCUT2D eigenvalue weighted by Gasteiger charge is -2.24. The van der Waals surface area contributed by atoms with Gasteiger partial charge in [0.2, 0.25) is 0 Å². The fourth-order valence-corrected chi connectivity index (χ4v) is 8.50. The number of nitrogens with zero attached hydrogens (tertiary/aromatic N) is 2. The van der Waals surface area contributed by atoms with E-state index in [-0.39, 0.29) is 5.37 Å². The summed E-state index contributed by atoms with van der Waals surface area (Å²) in [6, 6.07) is 61.2. The van der Waals surface area contributed by atoms with Crippen LogP contribution in [0.1, 0.15) is 10.9 Å². The maximum absolute atomic E-state index is 5.38. The first-order chi connectivity index (χ1) is 24.3. The molecule has 9 aromatic rings. The lowest BCUT2D eigenvalue weighted by Crippen LogP contribution is -1.92. The van der Waals surface area contributed by atoms with Gasteiger partial charge in [0.05, 0.1) is 11.2 Å². The van der Waals surface area contributed by atoms with Gasteiger partial charge in [0.1, 0.15) is 0 Å². The fraction of sp³-hybridized carbons (Fsp3) is 0.0217. The molecule has 0 aliphatic carbocycles. The number of para-hydroxylation sites is 1. The van der Waals surface area contributed by atoms with E-state index in [0.717, 1.165) is 27.8 Å². The number of aromatic nitrogens is 1. The van der Waals surface area contributed by atoms with E-state index in [1.807, 2.05) is 11.8 Å². The molecule has 8 aromatic carbocycles. The van der Waals surface area contributed by atoms with Crippen LogP contribution >= 0.6 is 11.8 Å². The third-order valence-corrected chi connectivity index (χ3v) is 11.0. The number of benzene rings is 8. The molecule has 230 valence electrons. The average Bonchev–Trinajstić information content (AvgIpc) is 3.62. The zero-order chi connectivity index (χ0) is 32.3. The Morgan fingerprint density at radius 1 is 0.469 bits per heavy atom. The molecular weight excluding hydrogens is 613 g/mol. The number of rotatable bonds is 4. The highest BCUT2D eigenvalue weighted by molar-refractivity contribution is 8.00. The monoisotopic (exact) mass is 641 g/mol. The van der Waals surface area contributed by atoms with Crippen LogP contribution < -0.4 is 0 Å². The standard InChI is InChI=1S/C46H29N2S/c1-3-14-36-30(9-1)11-8-16-37(36)34-24-26-41-40(28-34)44-38-15-4-2-10-31(38)23-25-39(44)45(47-41)35-13-7-12-33(27-35)29-19-21-32(22-20-29)46-48-42-17-5-6-18-43(42)49-46/h1-28,46H/q-1. The van der Waals surface area contributed by atoms with Gasteiger partial charge in [0.15, 0.2) is 0 Å². The van der Waals surface area contributed by atoms with Crippen molar-refractivity contribution in [1.29, 1.82) is 0 Å². The Balaban J connectivity index is 1.10. The second kappa shape index (κ2) is 11.4. The quantitative estimate of drug-likeness (QED) is 0.179. The topological polar surface area (TPSA) is 27.0 Å². The smallest absolute Gasteiger partial charge is 0.0788 e. The van der Waals surface area contributed by atoms with E-state index in [4.69, 9.17) is 10.3 Å². The molecule has 0 saturated carbocycles. The molecule has 1 aliphatic heterocycles. The van der Waals surface area contributed by atoms with Crippen molar-refractivity contribution in [3.05, 3.63) is 181 Å². The lowest BCUT2D eigenvalue weighted by molar-refractivity contribution is 1.20. The van der Waals surface area contributed by atoms with E-state index in [2.05, 4.69) is 170 Å². The van der Waals surface area contributed by atoms with Crippen molar-refractivity contribution in [2.24, 2.45) is 0 Å². The molecule has 1 atom stereocenters. The number of thioether (sulfide) groups is 1.